The number of aromatic nitrogens is 3. The summed E-state index contributed by atoms with van der Waals surface area (Å²) in [4.78, 5) is 21.8. The van der Waals surface area contributed by atoms with Crippen molar-refractivity contribution in [1.29, 1.82) is 0 Å². The van der Waals surface area contributed by atoms with Gasteiger partial charge in [0.05, 0.1) is 12.6 Å². The van der Waals surface area contributed by atoms with Gasteiger partial charge in [-0.15, -0.1) is 0 Å². The van der Waals surface area contributed by atoms with Crippen molar-refractivity contribution in [2.75, 3.05) is 0 Å². The van der Waals surface area contributed by atoms with Gasteiger partial charge in [0.15, 0.2) is 0 Å². The largest absolute Gasteiger partial charge is 0.391 e. The molecule has 6 heteroatoms. The Morgan fingerprint density at radius 2 is 2.33 bits per heavy atom. The minimum Gasteiger partial charge on any atom is -0.391 e. The van der Waals surface area contributed by atoms with Crippen LogP contribution in [0.1, 0.15) is 5.82 Å². The first-order chi connectivity index (χ1) is 5.68. The molecule has 1 aliphatic heterocycles. The standard InChI is InChI=1S/C6H7N3O3/c10-3-1-4-7-8-5(11)6(12)9(4)2-3/h3,10H,1-2H2,(H,8,11)/t3-/m0/s1. The molecular formula is C6H7N3O3. The highest BCUT2D eigenvalue weighted by Gasteiger charge is 2.22. The molecular weight excluding hydrogens is 162 g/mol. The van der Waals surface area contributed by atoms with Crippen LogP contribution in [-0.4, -0.2) is 26.0 Å². The maximum atomic E-state index is 11.1. The highest BCUT2D eigenvalue weighted by Crippen LogP contribution is 2.06. The van der Waals surface area contributed by atoms with Gasteiger partial charge in [-0.1, -0.05) is 0 Å². The summed E-state index contributed by atoms with van der Waals surface area (Å²) < 4.78 is 1.20. The van der Waals surface area contributed by atoms with Gasteiger partial charge in [0.25, 0.3) is 0 Å². The zero-order chi connectivity index (χ0) is 8.72. The summed E-state index contributed by atoms with van der Waals surface area (Å²) >= 11 is 0. The highest BCUT2D eigenvalue weighted by atomic mass is 16.3. The monoisotopic (exact) mass is 169 g/mol. The molecule has 2 heterocycles. The minimum absolute atomic E-state index is 0.172. The average Bonchev–Trinajstić information content (AvgIpc) is 2.39. The third kappa shape index (κ3) is 0.884. The lowest BCUT2D eigenvalue weighted by Gasteiger charge is -1.97. The van der Waals surface area contributed by atoms with Gasteiger partial charge >= 0.3 is 11.1 Å². The Bertz CT molecular complexity index is 419. The van der Waals surface area contributed by atoms with E-state index in [2.05, 4.69) is 10.2 Å². The Labute approximate surface area is 66.5 Å². The van der Waals surface area contributed by atoms with Crippen molar-refractivity contribution in [3.8, 4) is 0 Å². The average molecular weight is 169 g/mol. The lowest BCUT2D eigenvalue weighted by atomic mass is 10.3. The lowest BCUT2D eigenvalue weighted by molar-refractivity contribution is 0.175. The Morgan fingerprint density at radius 3 is 3.08 bits per heavy atom. The summed E-state index contributed by atoms with van der Waals surface area (Å²) in [5.74, 6) is 0.437. The minimum atomic E-state index is -0.743. The molecule has 0 saturated carbocycles. The molecule has 0 bridgehead atoms. The Balaban J connectivity index is 2.69. The predicted octanol–water partition coefficient (Wildman–Crippen LogP) is -2.15. The first-order valence-electron chi connectivity index (χ1n) is 3.55. The molecule has 2 N–H and O–H groups in total. The van der Waals surface area contributed by atoms with E-state index in [0.29, 0.717) is 12.2 Å². The van der Waals surface area contributed by atoms with Gasteiger partial charge in [-0.3, -0.25) is 14.2 Å². The van der Waals surface area contributed by atoms with E-state index in [1.54, 1.807) is 0 Å². The van der Waals surface area contributed by atoms with Crippen molar-refractivity contribution in [2.45, 2.75) is 19.1 Å². The molecule has 0 spiro atoms. The number of H-pyrrole nitrogens is 1. The van der Waals surface area contributed by atoms with Crippen LogP contribution in [0.2, 0.25) is 0 Å². The van der Waals surface area contributed by atoms with Crippen molar-refractivity contribution in [3.05, 3.63) is 26.5 Å². The van der Waals surface area contributed by atoms with Crippen LogP contribution < -0.4 is 11.1 Å². The van der Waals surface area contributed by atoms with Crippen molar-refractivity contribution in [3.63, 3.8) is 0 Å². The summed E-state index contributed by atoms with van der Waals surface area (Å²) in [6, 6.07) is 0. The number of hydrogen-bond donors (Lipinski definition) is 2. The number of nitrogens with zero attached hydrogens (tertiary/aromatic N) is 2. The second kappa shape index (κ2) is 2.28. The Hall–Kier alpha value is -1.43. The molecule has 1 aromatic rings. The molecule has 0 unspecified atom stereocenters. The molecule has 0 saturated heterocycles. The highest BCUT2D eigenvalue weighted by molar-refractivity contribution is 4.96. The van der Waals surface area contributed by atoms with Gasteiger partial charge < -0.3 is 5.11 Å². The maximum absolute atomic E-state index is 11.1. The fraction of sp³-hybridized carbons (Fsp3) is 0.500. The molecule has 1 aliphatic rings. The fourth-order valence-electron chi connectivity index (χ4n) is 1.29. The van der Waals surface area contributed by atoms with E-state index in [1.165, 1.54) is 4.57 Å². The van der Waals surface area contributed by atoms with Crippen molar-refractivity contribution < 1.29 is 5.11 Å². The van der Waals surface area contributed by atoms with Gasteiger partial charge in [0.1, 0.15) is 5.82 Å². The van der Waals surface area contributed by atoms with Crippen LogP contribution in [0.5, 0.6) is 0 Å². The number of fused-ring (bicyclic) bond motifs is 1. The summed E-state index contributed by atoms with van der Waals surface area (Å²) in [6.45, 7) is 0.172. The van der Waals surface area contributed by atoms with Crippen LogP contribution in [0, 0.1) is 0 Å². The molecule has 0 fully saturated rings. The smallest absolute Gasteiger partial charge is 0.330 e. The number of hydrogen-bond acceptors (Lipinski definition) is 4. The molecule has 1 atom stereocenters. The van der Waals surface area contributed by atoms with Gasteiger partial charge in [-0.2, -0.15) is 5.10 Å². The third-order valence-corrected chi connectivity index (χ3v) is 1.85. The number of aromatic amines is 1. The molecule has 2 rings (SSSR count). The van der Waals surface area contributed by atoms with Gasteiger partial charge in [-0.05, 0) is 0 Å². The number of nitrogens with one attached hydrogen (secondary N) is 1. The number of aliphatic hydroxyl groups excluding tert-OH is 1. The van der Waals surface area contributed by atoms with Gasteiger partial charge in [0.2, 0.25) is 0 Å². The van der Waals surface area contributed by atoms with Crippen molar-refractivity contribution in [1.82, 2.24) is 14.8 Å². The van der Waals surface area contributed by atoms with E-state index in [-0.39, 0.29) is 6.54 Å². The van der Waals surface area contributed by atoms with Gasteiger partial charge in [-0.25, -0.2) is 5.10 Å². The lowest BCUT2D eigenvalue weighted by Crippen LogP contribution is -2.37. The summed E-state index contributed by atoms with van der Waals surface area (Å²) in [6.07, 6.45) is -0.271. The number of aliphatic hydroxyl groups is 1. The summed E-state index contributed by atoms with van der Waals surface area (Å²) in [5.41, 5.74) is -1.38. The topological polar surface area (TPSA) is 88.0 Å². The summed E-state index contributed by atoms with van der Waals surface area (Å²) in [5, 5.41) is 14.9. The first-order valence-corrected chi connectivity index (χ1v) is 3.55. The molecule has 0 aromatic carbocycles. The Morgan fingerprint density at radius 1 is 1.58 bits per heavy atom. The van der Waals surface area contributed by atoms with Crippen LogP contribution in [0.4, 0.5) is 0 Å². The zero-order valence-electron chi connectivity index (χ0n) is 6.15. The molecule has 1 aromatic heterocycles. The van der Waals surface area contributed by atoms with Crippen molar-refractivity contribution in [2.24, 2.45) is 0 Å². The van der Waals surface area contributed by atoms with Crippen LogP contribution in [-0.2, 0) is 13.0 Å². The van der Waals surface area contributed by atoms with Crippen LogP contribution >= 0.6 is 0 Å². The van der Waals surface area contributed by atoms with Gasteiger partial charge in [0, 0.05) is 6.42 Å². The first kappa shape index (κ1) is 7.23. The maximum Gasteiger partial charge on any atom is 0.330 e. The molecule has 12 heavy (non-hydrogen) atoms. The quantitative estimate of drug-likeness (QED) is 0.433. The molecule has 0 radical (unpaired) electrons. The van der Waals surface area contributed by atoms with E-state index in [4.69, 9.17) is 5.11 Å². The molecule has 64 valence electrons. The van der Waals surface area contributed by atoms with E-state index >= 15 is 0 Å². The van der Waals surface area contributed by atoms with Crippen LogP contribution in [0.15, 0.2) is 9.59 Å². The van der Waals surface area contributed by atoms with Crippen LogP contribution in [0.25, 0.3) is 0 Å². The van der Waals surface area contributed by atoms with Crippen LogP contribution in [0.3, 0.4) is 0 Å². The van der Waals surface area contributed by atoms with E-state index in [0.717, 1.165) is 0 Å². The normalized spacial score (nSPS) is 20.9. The SMILES string of the molecule is O=c1[nH]nc2n(c1=O)C[C@@H](O)C2. The third-order valence-electron chi connectivity index (χ3n) is 1.85. The predicted molar refractivity (Wildman–Crippen MR) is 38.8 cm³/mol. The second-order valence-corrected chi connectivity index (χ2v) is 2.74. The Kier molecular flexibility index (Phi) is 1.37. The zero-order valence-corrected chi connectivity index (χ0v) is 6.15. The summed E-state index contributed by atoms with van der Waals surface area (Å²) in [7, 11) is 0. The molecule has 6 nitrogen and oxygen atoms in total. The second-order valence-electron chi connectivity index (χ2n) is 2.74. The molecule has 0 amide bonds. The molecule has 0 aliphatic carbocycles. The van der Waals surface area contributed by atoms with Crippen molar-refractivity contribution >= 4 is 0 Å². The number of rotatable bonds is 0. The fourth-order valence-corrected chi connectivity index (χ4v) is 1.29. The van der Waals surface area contributed by atoms with E-state index in [9.17, 15) is 9.59 Å². The van der Waals surface area contributed by atoms with E-state index < -0.39 is 17.2 Å². The van der Waals surface area contributed by atoms with E-state index in [1.807, 2.05) is 0 Å².